The number of rotatable bonds is 8. The van der Waals surface area contributed by atoms with Gasteiger partial charge in [0.05, 0.1) is 24.6 Å². The number of aromatic nitrogens is 1. The van der Waals surface area contributed by atoms with Crippen molar-refractivity contribution in [3.8, 4) is 11.5 Å². The predicted molar refractivity (Wildman–Crippen MR) is 155 cm³/mol. The van der Waals surface area contributed by atoms with E-state index >= 15 is 0 Å². The van der Waals surface area contributed by atoms with Gasteiger partial charge in [0.1, 0.15) is 18.1 Å². The number of fused-ring (bicyclic) bond motifs is 1. The van der Waals surface area contributed by atoms with Crippen LogP contribution in [0.5, 0.6) is 11.5 Å². The minimum absolute atomic E-state index is 0.123. The molecule has 1 amide bonds. The van der Waals surface area contributed by atoms with Crippen molar-refractivity contribution < 1.29 is 14.3 Å². The number of amidine groups is 1. The van der Waals surface area contributed by atoms with Crippen LogP contribution in [-0.4, -0.2) is 46.3 Å². The summed E-state index contributed by atoms with van der Waals surface area (Å²) in [7, 11) is 1.66. The standard InChI is InChI=1S/C31H35N3O3S/c1-36-25-14-16-26(17-15-25)37-19-18-33-21-22(27-12-6-7-13-28(27)33)20-29-30(35)34(24-10-4-5-11-24)31(38-29)32-23-8-2-3-9-23/h6-7,12-17,20-21,23-24H,2-5,8-11,18-19H2,1H3/b29-20-,32-31?. The van der Waals surface area contributed by atoms with E-state index in [2.05, 4.69) is 41.1 Å². The van der Waals surface area contributed by atoms with Crippen molar-refractivity contribution in [2.24, 2.45) is 4.99 Å². The molecule has 2 saturated carbocycles. The second kappa shape index (κ2) is 11.3. The van der Waals surface area contributed by atoms with Crippen LogP contribution in [0.2, 0.25) is 0 Å². The number of thioether (sulfide) groups is 1. The van der Waals surface area contributed by atoms with Crippen LogP contribution in [0.4, 0.5) is 0 Å². The molecule has 0 spiro atoms. The van der Waals surface area contributed by atoms with Gasteiger partial charge in [0.25, 0.3) is 5.91 Å². The average Bonchev–Trinajstić information content (AvgIpc) is 3.75. The maximum absolute atomic E-state index is 13.7. The van der Waals surface area contributed by atoms with E-state index in [1.807, 2.05) is 29.2 Å². The number of carbonyl (C=O) groups is 1. The topological polar surface area (TPSA) is 56.1 Å². The fourth-order valence-electron chi connectivity index (χ4n) is 5.90. The van der Waals surface area contributed by atoms with E-state index in [0.717, 1.165) is 63.7 Å². The van der Waals surface area contributed by atoms with Crippen molar-refractivity contribution in [1.29, 1.82) is 0 Å². The lowest BCUT2D eigenvalue weighted by Gasteiger charge is -2.23. The van der Waals surface area contributed by atoms with E-state index in [0.29, 0.717) is 19.2 Å². The van der Waals surface area contributed by atoms with E-state index in [1.54, 1.807) is 18.9 Å². The highest BCUT2D eigenvalue weighted by Gasteiger charge is 2.39. The maximum Gasteiger partial charge on any atom is 0.267 e. The third kappa shape index (κ3) is 5.21. The summed E-state index contributed by atoms with van der Waals surface area (Å²) in [4.78, 5) is 21.6. The molecule has 1 aromatic heterocycles. The van der Waals surface area contributed by atoms with Gasteiger partial charge >= 0.3 is 0 Å². The van der Waals surface area contributed by atoms with Gasteiger partial charge in [0, 0.05) is 28.7 Å². The molecule has 3 aliphatic rings. The Morgan fingerprint density at radius 2 is 1.68 bits per heavy atom. The minimum Gasteiger partial charge on any atom is -0.497 e. The third-order valence-electron chi connectivity index (χ3n) is 7.91. The first-order valence-electron chi connectivity index (χ1n) is 13.9. The summed E-state index contributed by atoms with van der Waals surface area (Å²) < 4.78 is 13.4. The normalized spacial score (nSPS) is 21.0. The van der Waals surface area contributed by atoms with Gasteiger partial charge in [-0.1, -0.05) is 43.9 Å². The summed E-state index contributed by atoms with van der Waals surface area (Å²) in [5, 5.41) is 2.07. The number of hydrogen-bond donors (Lipinski definition) is 0. The van der Waals surface area contributed by atoms with Gasteiger partial charge in [-0.3, -0.25) is 14.7 Å². The summed E-state index contributed by atoms with van der Waals surface area (Å²) in [5.41, 5.74) is 2.20. The fourth-order valence-corrected chi connectivity index (χ4v) is 7.00. The molecule has 0 bridgehead atoms. The highest BCUT2D eigenvalue weighted by Crippen LogP contribution is 2.39. The van der Waals surface area contributed by atoms with Crippen LogP contribution in [-0.2, 0) is 11.3 Å². The molecule has 6 nitrogen and oxygen atoms in total. The Bertz CT molecular complexity index is 1350. The van der Waals surface area contributed by atoms with Crippen molar-refractivity contribution in [3.63, 3.8) is 0 Å². The first-order chi connectivity index (χ1) is 18.7. The van der Waals surface area contributed by atoms with E-state index in [1.165, 1.54) is 25.7 Å². The molecule has 2 aromatic carbocycles. The number of para-hydroxylation sites is 1. The quantitative estimate of drug-likeness (QED) is 0.298. The maximum atomic E-state index is 13.7. The van der Waals surface area contributed by atoms with Crippen molar-refractivity contribution in [2.45, 2.75) is 70.0 Å². The van der Waals surface area contributed by atoms with Crippen LogP contribution < -0.4 is 9.47 Å². The molecular weight excluding hydrogens is 494 g/mol. The zero-order chi connectivity index (χ0) is 25.9. The second-order valence-corrected chi connectivity index (χ2v) is 11.4. The minimum atomic E-state index is 0.123. The molecule has 3 aromatic rings. The Kier molecular flexibility index (Phi) is 7.45. The number of carbonyl (C=O) groups excluding carboxylic acids is 1. The van der Waals surface area contributed by atoms with Crippen LogP contribution in [0, 0.1) is 0 Å². The molecule has 1 saturated heterocycles. The zero-order valence-corrected chi connectivity index (χ0v) is 22.8. The van der Waals surface area contributed by atoms with Crippen LogP contribution in [0.3, 0.4) is 0 Å². The first kappa shape index (κ1) is 25.1. The Hall–Kier alpha value is -3.19. The molecule has 2 aliphatic carbocycles. The number of aliphatic imine (C=N–C) groups is 1. The largest absolute Gasteiger partial charge is 0.497 e. The summed E-state index contributed by atoms with van der Waals surface area (Å²) in [6, 6.07) is 16.7. The Balaban J connectivity index is 1.24. The first-order valence-corrected chi connectivity index (χ1v) is 14.7. The van der Waals surface area contributed by atoms with Crippen LogP contribution in [0.15, 0.2) is 64.6 Å². The predicted octanol–water partition coefficient (Wildman–Crippen LogP) is 6.89. The van der Waals surface area contributed by atoms with Crippen LogP contribution in [0.25, 0.3) is 17.0 Å². The van der Waals surface area contributed by atoms with E-state index in [-0.39, 0.29) is 11.9 Å². The fraction of sp³-hybridized carbons (Fsp3) is 0.419. The lowest BCUT2D eigenvalue weighted by molar-refractivity contribution is -0.123. The molecule has 0 N–H and O–H groups in total. The number of nitrogens with zero attached hydrogens (tertiary/aromatic N) is 3. The van der Waals surface area contributed by atoms with Gasteiger partial charge < -0.3 is 14.0 Å². The number of hydrogen-bond acceptors (Lipinski definition) is 5. The molecule has 38 heavy (non-hydrogen) atoms. The summed E-state index contributed by atoms with van der Waals surface area (Å²) in [6.45, 7) is 1.25. The summed E-state index contributed by atoms with van der Waals surface area (Å²) >= 11 is 1.57. The molecule has 6 rings (SSSR count). The van der Waals surface area contributed by atoms with Crippen molar-refractivity contribution >= 4 is 39.8 Å². The molecule has 7 heteroatoms. The lowest BCUT2D eigenvalue weighted by atomic mass is 10.1. The third-order valence-corrected chi connectivity index (χ3v) is 8.91. The Labute approximate surface area is 228 Å². The van der Waals surface area contributed by atoms with E-state index < -0.39 is 0 Å². The number of ether oxygens (including phenoxy) is 2. The number of amides is 1. The molecular formula is C31H35N3O3S. The van der Waals surface area contributed by atoms with E-state index in [9.17, 15) is 4.79 Å². The van der Waals surface area contributed by atoms with Crippen molar-refractivity contribution in [2.75, 3.05) is 13.7 Å². The molecule has 1 aliphatic heterocycles. The van der Waals surface area contributed by atoms with Gasteiger partial charge in [-0.2, -0.15) is 0 Å². The molecule has 0 unspecified atom stereocenters. The Morgan fingerprint density at radius 3 is 2.45 bits per heavy atom. The van der Waals surface area contributed by atoms with Gasteiger partial charge in [-0.25, -0.2) is 0 Å². The van der Waals surface area contributed by atoms with Gasteiger partial charge in [-0.05, 0) is 73.9 Å². The SMILES string of the molecule is COc1ccc(OCCn2cc(/C=C3\SC(=NC4CCCC4)N(C4CCCC4)C3=O)c3ccccc32)cc1. The number of benzene rings is 2. The van der Waals surface area contributed by atoms with Crippen molar-refractivity contribution in [1.82, 2.24) is 9.47 Å². The smallest absolute Gasteiger partial charge is 0.267 e. The van der Waals surface area contributed by atoms with Gasteiger partial charge in [0.2, 0.25) is 0 Å². The second-order valence-electron chi connectivity index (χ2n) is 10.4. The molecule has 0 radical (unpaired) electrons. The average molecular weight is 530 g/mol. The van der Waals surface area contributed by atoms with E-state index in [4.69, 9.17) is 14.5 Å². The van der Waals surface area contributed by atoms with Crippen LogP contribution in [0.1, 0.15) is 56.9 Å². The summed E-state index contributed by atoms with van der Waals surface area (Å²) in [6.07, 6.45) is 13.5. The van der Waals surface area contributed by atoms with Gasteiger partial charge in [-0.15, -0.1) is 0 Å². The molecule has 0 atom stereocenters. The van der Waals surface area contributed by atoms with Gasteiger partial charge in [0.15, 0.2) is 5.17 Å². The molecule has 198 valence electrons. The molecule has 2 heterocycles. The highest BCUT2D eigenvalue weighted by molar-refractivity contribution is 8.18. The molecule has 3 fully saturated rings. The zero-order valence-electron chi connectivity index (χ0n) is 22.0. The van der Waals surface area contributed by atoms with Crippen molar-refractivity contribution in [3.05, 3.63) is 65.2 Å². The Morgan fingerprint density at radius 1 is 0.974 bits per heavy atom. The monoisotopic (exact) mass is 529 g/mol. The lowest BCUT2D eigenvalue weighted by Crippen LogP contribution is -2.38. The van der Waals surface area contributed by atoms with Crippen LogP contribution >= 0.6 is 11.8 Å². The number of methoxy groups -OCH3 is 1. The highest BCUT2D eigenvalue weighted by atomic mass is 32.2. The summed E-state index contributed by atoms with van der Waals surface area (Å²) in [5.74, 6) is 1.76.